The fraction of sp³-hybridized carbons (Fsp3) is 0.400. The SMILES string of the molecule is CNC(=O)c1ccc(NC(=O)CN2CCc3sccc3[C@@H]2C2CC2)cc1. The molecule has 1 aromatic carbocycles. The lowest BCUT2D eigenvalue weighted by Crippen LogP contribution is -2.41. The standard InChI is InChI=1S/C20H23N3O2S/c1-21-20(25)14-4-6-15(7-5-14)22-18(24)12-23-10-8-17-16(9-11-26-17)19(23)13-2-3-13/h4-7,9,11,13,19H,2-3,8,10,12H2,1H3,(H,21,25)(H,22,24)/t19-/m0/s1. The molecular weight excluding hydrogens is 346 g/mol. The Morgan fingerprint density at radius 3 is 2.65 bits per heavy atom. The number of carbonyl (C=O) groups excluding carboxylic acids is 2. The maximum Gasteiger partial charge on any atom is 0.251 e. The van der Waals surface area contributed by atoms with Crippen LogP contribution in [0.15, 0.2) is 35.7 Å². The fourth-order valence-electron chi connectivity index (χ4n) is 3.77. The van der Waals surface area contributed by atoms with Gasteiger partial charge in [-0.25, -0.2) is 0 Å². The van der Waals surface area contributed by atoms with Crippen molar-refractivity contribution in [2.75, 3.05) is 25.5 Å². The Labute approximate surface area is 157 Å². The van der Waals surface area contributed by atoms with E-state index < -0.39 is 0 Å². The van der Waals surface area contributed by atoms with Crippen LogP contribution in [0.4, 0.5) is 5.69 Å². The summed E-state index contributed by atoms with van der Waals surface area (Å²) in [6.07, 6.45) is 3.56. The number of nitrogens with one attached hydrogen (secondary N) is 2. The molecule has 136 valence electrons. The van der Waals surface area contributed by atoms with Gasteiger partial charge in [0.25, 0.3) is 5.91 Å². The van der Waals surface area contributed by atoms with E-state index in [4.69, 9.17) is 0 Å². The van der Waals surface area contributed by atoms with Crippen LogP contribution >= 0.6 is 11.3 Å². The predicted molar refractivity (Wildman–Crippen MR) is 104 cm³/mol. The zero-order valence-corrected chi connectivity index (χ0v) is 15.6. The highest BCUT2D eigenvalue weighted by Crippen LogP contribution is 2.48. The number of anilines is 1. The minimum absolute atomic E-state index is 0.00187. The number of benzene rings is 1. The molecule has 0 unspecified atom stereocenters. The van der Waals surface area contributed by atoms with Gasteiger partial charge in [-0.3, -0.25) is 14.5 Å². The van der Waals surface area contributed by atoms with Crippen LogP contribution in [0.5, 0.6) is 0 Å². The van der Waals surface area contributed by atoms with Crippen molar-refractivity contribution < 1.29 is 9.59 Å². The Kier molecular flexibility index (Phi) is 4.78. The van der Waals surface area contributed by atoms with Crippen molar-refractivity contribution >= 4 is 28.8 Å². The van der Waals surface area contributed by atoms with Crippen molar-refractivity contribution in [2.24, 2.45) is 5.92 Å². The Hall–Kier alpha value is -2.18. The lowest BCUT2D eigenvalue weighted by Gasteiger charge is -2.35. The quantitative estimate of drug-likeness (QED) is 0.852. The molecule has 4 rings (SSSR count). The lowest BCUT2D eigenvalue weighted by molar-refractivity contribution is -0.118. The average Bonchev–Trinajstić information content (AvgIpc) is 3.37. The largest absolute Gasteiger partial charge is 0.355 e. The summed E-state index contributed by atoms with van der Waals surface area (Å²) in [4.78, 5) is 28.0. The zero-order chi connectivity index (χ0) is 18.1. The van der Waals surface area contributed by atoms with Gasteiger partial charge in [0.05, 0.1) is 6.54 Å². The third kappa shape index (κ3) is 3.52. The Balaban J connectivity index is 1.41. The molecule has 26 heavy (non-hydrogen) atoms. The molecule has 1 fully saturated rings. The normalized spacial score (nSPS) is 19.7. The molecule has 2 amide bonds. The topological polar surface area (TPSA) is 61.4 Å². The first-order valence-corrected chi connectivity index (χ1v) is 9.96. The van der Waals surface area contributed by atoms with Gasteiger partial charge in [-0.1, -0.05) is 0 Å². The van der Waals surface area contributed by atoms with E-state index in [0.29, 0.717) is 24.1 Å². The highest BCUT2D eigenvalue weighted by atomic mass is 32.1. The van der Waals surface area contributed by atoms with E-state index in [0.717, 1.165) is 18.7 Å². The molecular formula is C20H23N3O2S. The van der Waals surface area contributed by atoms with E-state index in [9.17, 15) is 9.59 Å². The van der Waals surface area contributed by atoms with Crippen LogP contribution < -0.4 is 10.6 Å². The van der Waals surface area contributed by atoms with Crippen LogP contribution in [0.3, 0.4) is 0 Å². The van der Waals surface area contributed by atoms with Crippen LogP contribution in [-0.2, 0) is 11.2 Å². The highest BCUT2D eigenvalue weighted by molar-refractivity contribution is 7.10. The van der Waals surface area contributed by atoms with Crippen molar-refractivity contribution in [3.05, 3.63) is 51.7 Å². The lowest BCUT2D eigenvalue weighted by atomic mass is 9.96. The Bertz CT molecular complexity index is 811. The number of thiophene rings is 1. The first kappa shape index (κ1) is 17.2. The summed E-state index contributed by atoms with van der Waals surface area (Å²) in [6, 6.07) is 9.62. The van der Waals surface area contributed by atoms with Crippen molar-refractivity contribution in [2.45, 2.75) is 25.3 Å². The van der Waals surface area contributed by atoms with Gasteiger partial charge in [-0.15, -0.1) is 11.3 Å². The van der Waals surface area contributed by atoms with E-state index in [1.165, 1.54) is 23.3 Å². The van der Waals surface area contributed by atoms with Crippen molar-refractivity contribution in [3.63, 3.8) is 0 Å². The second-order valence-electron chi connectivity index (χ2n) is 7.01. The van der Waals surface area contributed by atoms with Crippen molar-refractivity contribution in [1.29, 1.82) is 0 Å². The predicted octanol–water partition coefficient (Wildman–Crippen LogP) is 3.06. The summed E-state index contributed by atoms with van der Waals surface area (Å²) in [5.41, 5.74) is 2.74. The van der Waals surface area contributed by atoms with E-state index in [2.05, 4.69) is 27.0 Å². The molecule has 2 heterocycles. The summed E-state index contributed by atoms with van der Waals surface area (Å²) in [6.45, 7) is 1.35. The minimum atomic E-state index is -0.130. The van der Waals surface area contributed by atoms with Crippen LogP contribution in [0.25, 0.3) is 0 Å². The van der Waals surface area contributed by atoms with Crippen molar-refractivity contribution in [3.8, 4) is 0 Å². The Morgan fingerprint density at radius 1 is 1.19 bits per heavy atom. The monoisotopic (exact) mass is 369 g/mol. The molecule has 1 aliphatic heterocycles. The molecule has 0 saturated heterocycles. The number of amides is 2. The summed E-state index contributed by atoms with van der Waals surface area (Å²) in [5, 5.41) is 7.73. The second-order valence-corrected chi connectivity index (χ2v) is 8.01. The van der Waals surface area contributed by atoms with E-state index >= 15 is 0 Å². The van der Waals surface area contributed by atoms with Gasteiger partial charge in [-0.2, -0.15) is 0 Å². The second kappa shape index (κ2) is 7.21. The van der Waals surface area contributed by atoms with E-state index in [1.54, 1.807) is 31.3 Å². The molecule has 2 aromatic rings. The fourth-order valence-corrected chi connectivity index (χ4v) is 4.69. The first-order chi connectivity index (χ1) is 12.7. The van der Waals surface area contributed by atoms with Gasteiger partial charge in [0, 0.05) is 35.8 Å². The molecule has 1 aliphatic carbocycles. The molecule has 0 bridgehead atoms. The van der Waals surface area contributed by atoms with Gasteiger partial charge in [0.2, 0.25) is 5.91 Å². The molecule has 2 N–H and O–H groups in total. The molecule has 2 aliphatic rings. The molecule has 5 nitrogen and oxygen atoms in total. The molecule has 1 atom stereocenters. The van der Waals surface area contributed by atoms with Gasteiger partial charge in [0.15, 0.2) is 0 Å². The van der Waals surface area contributed by atoms with Gasteiger partial charge >= 0.3 is 0 Å². The van der Waals surface area contributed by atoms with Crippen LogP contribution in [0.1, 0.15) is 39.7 Å². The molecule has 0 spiro atoms. The smallest absolute Gasteiger partial charge is 0.251 e. The molecule has 1 saturated carbocycles. The van der Waals surface area contributed by atoms with Crippen molar-refractivity contribution in [1.82, 2.24) is 10.2 Å². The number of nitrogens with zero attached hydrogens (tertiary/aromatic N) is 1. The van der Waals surface area contributed by atoms with Crippen LogP contribution in [-0.4, -0.2) is 36.9 Å². The number of rotatable bonds is 5. The van der Waals surface area contributed by atoms with E-state index in [1.807, 2.05) is 11.3 Å². The maximum absolute atomic E-state index is 12.6. The van der Waals surface area contributed by atoms with Gasteiger partial charge in [0.1, 0.15) is 0 Å². The number of fused-ring (bicyclic) bond motifs is 1. The minimum Gasteiger partial charge on any atom is -0.355 e. The van der Waals surface area contributed by atoms with Gasteiger partial charge in [-0.05, 0) is 66.5 Å². The third-order valence-electron chi connectivity index (χ3n) is 5.19. The molecule has 0 radical (unpaired) electrons. The Morgan fingerprint density at radius 2 is 1.96 bits per heavy atom. The number of hydrogen-bond acceptors (Lipinski definition) is 4. The van der Waals surface area contributed by atoms with Crippen LogP contribution in [0, 0.1) is 5.92 Å². The van der Waals surface area contributed by atoms with E-state index in [-0.39, 0.29) is 11.8 Å². The maximum atomic E-state index is 12.6. The summed E-state index contributed by atoms with van der Waals surface area (Å²) >= 11 is 1.84. The van der Waals surface area contributed by atoms with Crippen LogP contribution in [0.2, 0.25) is 0 Å². The number of carbonyl (C=O) groups is 2. The van der Waals surface area contributed by atoms with Gasteiger partial charge < -0.3 is 10.6 Å². The first-order valence-electron chi connectivity index (χ1n) is 9.08. The average molecular weight is 369 g/mol. The highest BCUT2D eigenvalue weighted by Gasteiger charge is 2.40. The molecule has 6 heteroatoms. The number of hydrogen-bond donors (Lipinski definition) is 2. The summed E-state index contributed by atoms with van der Waals surface area (Å²) in [5.74, 6) is 0.570. The summed E-state index contributed by atoms with van der Waals surface area (Å²) in [7, 11) is 1.60. The zero-order valence-electron chi connectivity index (χ0n) is 14.8. The third-order valence-corrected chi connectivity index (χ3v) is 6.19. The molecule has 1 aromatic heterocycles. The summed E-state index contributed by atoms with van der Waals surface area (Å²) < 4.78 is 0.